The smallest absolute Gasteiger partial charge is 0.322 e. The summed E-state index contributed by atoms with van der Waals surface area (Å²) in [6, 6.07) is 15.2. The first kappa shape index (κ1) is 16.0. The second-order valence-corrected chi connectivity index (χ2v) is 5.25. The van der Waals surface area contributed by atoms with Gasteiger partial charge in [0.15, 0.2) is 0 Å². The van der Waals surface area contributed by atoms with Gasteiger partial charge in [-0.05, 0) is 36.6 Å². The first-order chi connectivity index (χ1) is 10.6. The van der Waals surface area contributed by atoms with Crippen LogP contribution in [0.1, 0.15) is 16.7 Å². The van der Waals surface area contributed by atoms with Crippen LogP contribution in [0.15, 0.2) is 48.5 Å². The number of aryl methyl sites for hydroxylation is 1. The van der Waals surface area contributed by atoms with E-state index in [0.29, 0.717) is 13.0 Å². The maximum absolute atomic E-state index is 11.3. The van der Waals surface area contributed by atoms with Gasteiger partial charge in [0.1, 0.15) is 18.4 Å². The molecule has 1 unspecified atom stereocenters. The zero-order valence-electron chi connectivity index (χ0n) is 12.9. The average molecular weight is 299 g/mol. The molecule has 0 saturated heterocycles. The molecule has 0 heterocycles. The molecule has 0 spiro atoms. The van der Waals surface area contributed by atoms with E-state index >= 15 is 0 Å². The Morgan fingerprint density at radius 1 is 1.05 bits per heavy atom. The van der Waals surface area contributed by atoms with Crippen LogP contribution in [0.25, 0.3) is 0 Å². The van der Waals surface area contributed by atoms with Crippen molar-refractivity contribution in [2.45, 2.75) is 26.0 Å². The lowest BCUT2D eigenvalue weighted by atomic mass is 10.1. The Morgan fingerprint density at radius 2 is 1.64 bits per heavy atom. The second kappa shape index (κ2) is 7.61. The lowest BCUT2D eigenvalue weighted by Gasteiger charge is -2.10. The molecule has 0 fully saturated rings. The highest BCUT2D eigenvalue weighted by molar-refractivity contribution is 5.75. The Labute approximate surface area is 130 Å². The van der Waals surface area contributed by atoms with E-state index in [9.17, 15) is 4.79 Å². The van der Waals surface area contributed by atoms with Gasteiger partial charge >= 0.3 is 5.97 Å². The van der Waals surface area contributed by atoms with Crippen molar-refractivity contribution >= 4 is 5.97 Å². The summed E-state index contributed by atoms with van der Waals surface area (Å²) in [7, 11) is 1.34. The van der Waals surface area contributed by atoms with E-state index in [-0.39, 0.29) is 0 Å². The molecular weight excluding hydrogens is 278 g/mol. The van der Waals surface area contributed by atoms with Gasteiger partial charge in [-0.25, -0.2) is 0 Å². The third-order valence-electron chi connectivity index (χ3n) is 3.41. The van der Waals surface area contributed by atoms with Gasteiger partial charge < -0.3 is 15.2 Å². The zero-order chi connectivity index (χ0) is 15.9. The van der Waals surface area contributed by atoms with Crippen LogP contribution in [-0.2, 0) is 22.6 Å². The van der Waals surface area contributed by atoms with Crippen LogP contribution in [0.3, 0.4) is 0 Å². The molecule has 2 N–H and O–H groups in total. The fraction of sp³-hybridized carbons (Fsp3) is 0.278. The fourth-order valence-corrected chi connectivity index (χ4v) is 2.06. The van der Waals surface area contributed by atoms with E-state index in [1.54, 1.807) is 0 Å². The van der Waals surface area contributed by atoms with Crippen LogP contribution < -0.4 is 10.5 Å². The van der Waals surface area contributed by atoms with Gasteiger partial charge in [0.25, 0.3) is 0 Å². The molecule has 2 rings (SSSR count). The summed E-state index contributed by atoms with van der Waals surface area (Å²) in [4.78, 5) is 11.3. The largest absolute Gasteiger partial charge is 0.489 e. The summed E-state index contributed by atoms with van der Waals surface area (Å²) in [6.07, 6.45) is 0.449. The summed E-state index contributed by atoms with van der Waals surface area (Å²) < 4.78 is 10.4. The monoisotopic (exact) mass is 299 g/mol. The van der Waals surface area contributed by atoms with Crippen LogP contribution >= 0.6 is 0 Å². The van der Waals surface area contributed by atoms with E-state index in [0.717, 1.165) is 16.9 Å². The molecule has 0 radical (unpaired) electrons. The zero-order valence-corrected chi connectivity index (χ0v) is 12.9. The van der Waals surface area contributed by atoms with Crippen LogP contribution in [0.5, 0.6) is 5.75 Å². The number of rotatable bonds is 6. The van der Waals surface area contributed by atoms with E-state index in [1.165, 1.54) is 12.7 Å². The fourth-order valence-electron chi connectivity index (χ4n) is 2.06. The summed E-state index contributed by atoms with van der Waals surface area (Å²) in [6.45, 7) is 2.59. The van der Waals surface area contributed by atoms with E-state index in [1.807, 2.05) is 24.3 Å². The number of benzene rings is 2. The maximum Gasteiger partial charge on any atom is 0.322 e. The highest BCUT2D eigenvalue weighted by Gasteiger charge is 2.13. The van der Waals surface area contributed by atoms with Crippen LogP contribution in [0, 0.1) is 6.92 Å². The number of carbonyl (C=O) groups excluding carboxylic acids is 1. The van der Waals surface area contributed by atoms with Gasteiger partial charge in [0.2, 0.25) is 0 Å². The molecule has 116 valence electrons. The highest BCUT2D eigenvalue weighted by atomic mass is 16.5. The van der Waals surface area contributed by atoms with Crippen molar-refractivity contribution in [1.29, 1.82) is 0 Å². The number of hydrogen-bond acceptors (Lipinski definition) is 4. The summed E-state index contributed by atoms with van der Waals surface area (Å²) in [5.74, 6) is 0.385. The molecule has 0 aliphatic heterocycles. The molecule has 0 saturated carbocycles. The van der Waals surface area contributed by atoms with Gasteiger partial charge in [-0.2, -0.15) is 0 Å². The van der Waals surface area contributed by atoms with Crippen LogP contribution in [0.4, 0.5) is 0 Å². The molecule has 22 heavy (non-hydrogen) atoms. The van der Waals surface area contributed by atoms with E-state index in [2.05, 4.69) is 35.9 Å². The van der Waals surface area contributed by atoms with Crippen LogP contribution in [0.2, 0.25) is 0 Å². The first-order valence-corrected chi connectivity index (χ1v) is 7.19. The standard InChI is InChI=1S/C18H21NO3/c1-13-3-5-15(6-4-13)12-22-16-9-7-14(8-10-16)11-17(19)18(20)21-2/h3-10,17H,11-12,19H2,1-2H3. The molecule has 1 atom stereocenters. The first-order valence-electron chi connectivity index (χ1n) is 7.19. The van der Waals surface area contributed by atoms with Crippen LogP contribution in [-0.4, -0.2) is 19.1 Å². The highest BCUT2D eigenvalue weighted by Crippen LogP contribution is 2.15. The number of carbonyl (C=O) groups is 1. The molecule has 0 aliphatic rings. The third-order valence-corrected chi connectivity index (χ3v) is 3.41. The van der Waals surface area contributed by atoms with E-state index < -0.39 is 12.0 Å². The molecule has 4 nitrogen and oxygen atoms in total. The Morgan fingerprint density at radius 3 is 2.23 bits per heavy atom. The molecule has 4 heteroatoms. The number of ether oxygens (including phenoxy) is 2. The summed E-state index contributed by atoms with van der Waals surface area (Å²) in [5.41, 5.74) is 9.07. The minimum atomic E-state index is -0.635. The Bertz CT molecular complexity index is 605. The number of nitrogens with two attached hydrogens (primary N) is 1. The quantitative estimate of drug-likeness (QED) is 0.833. The van der Waals surface area contributed by atoms with Crippen molar-refractivity contribution in [2.75, 3.05) is 7.11 Å². The van der Waals surface area contributed by atoms with Crippen molar-refractivity contribution in [3.8, 4) is 5.75 Å². The topological polar surface area (TPSA) is 61.5 Å². The molecule has 0 aromatic heterocycles. The maximum atomic E-state index is 11.3. The Kier molecular flexibility index (Phi) is 5.55. The molecular formula is C18H21NO3. The Balaban J connectivity index is 1.89. The summed E-state index contributed by atoms with van der Waals surface area (Å²) >= 11 is 0. The van der Waals surface area contributed by atoms with Crippen molar-refractivity contribution < 1.29 is 14.3 Å². The lowest BCUT2D eigenvalue weighted by molar-refractivity contribution is -0.142. The third kappa shape index (κ3) is 4.60. The average Bonchev–Trinajstić information content (AvgIpc) is 2.55. The Hall–Kier alpha value is -2.33. The molecule has 0 bridgehead atoms. The van der Waals surface area contributed by atoms with Gasteiger partial charge in [-0.1, -0.05) is 42.0 Å². The van der Waals surface area contributed by atoms with Gasteiger partial charge in [-0.15, -0.1) is 0 Å². The molecule has 0 aliphatic carbocycles. The SMILES string of the molecule is COC(=O)C(N)Cc1ccc(OCc2ccc(C)cc2)cc1. The lowest BCUT2D eigenvalue weighted by Crippen LogP contribution is -2.33. The number of esters is 1. The van der Waals surface area contributed by atoms with Crippen molar-refractivity contribution in [2.24, 2.45) is 5.73 Å². The molecule has 2 aromatic carbocycles. The van der Waals surface area contributed by atoms with Crippen molar-refractivity contribution in [1.82, 2.24) is 0 Å². The van der Waals surface area contributed by atoms with Crippen molar-refractivity contribution in [3.63, 3.8) is 0 Å². The predicted molar refractivity (Wildman–Crippen MR) is 85.6 cm³/mol. The van der Waals surface area contributed by atoms with Gasteiger partial charge in [0, 0.05) is 0 Å². The summed E-state index contributed by atoms with van der Waals surface area (Å²) in [5, 5.41) is 0. The molecule has 0 amide bonds. The van der Waals surface area contributed by atoms with Gasteiger partial charge in [0.05, 0.1) is 7.11 Å². The van der Waals surface area contributed by atoms with E-state index in [4.69, 9.17) is 10.5 Å². The minimum absolute atomic E-state index is 0.403. The van der Waals surface area contributed by atoms with Crippen molar-refractivity contribution in [3.05, 3.63) is 65.2 Å². The minimum Gasteiger partial charge on any atom is -0.489 e. The second-order valence-electron chi connectivity index (χ2n) is 5.25. The normalized spacial score (nSPS) is 11.8. The number of methoxy groups -OCH3 is 1. The molecule has 2 aromatic rings. The number of hydrogen-bond donors (Lipinski definition) is 1. The van der Waals surface area contributed by atoms with Gasteiger partial charge in [-0.3, -0.25) is 4.79 Å². The predicted octanol–water partition coefficient (Wildman–Crippen LogP) is 2.62.